The van der Waals surface area contributed by atoms with Crippen LogP contribution in [-0.2, 0) is 10.0 Å². The molecule has 2 aromatic rings. The van der Waals surface area contributed by atoms with E-state index in [4.69, 9.17) is 0 Å². The number of carbonyl (C=O) groups excluding carboxylic acids is 1. The Bertz CT molecular complexity index is 785. The van der Waals surface area contributed by atoms with Crippen molar-refractivity contribution in [1.82, 2.24) is 14.3 Å². The van der Waals surface area contributed by atoms with E-state index in [1.165, 1.54) is 27.9 Å². The number of rotatable bonds is 4. The van der Waals surface area contributed by atoms with Crippen LogP contribution in [-0.4, -0.2) is 52.9 Å². The molecule has 23 heavy (non-hydrogen) atoms. The maximum absolute atomic E-state index is 12.5. The highest BCUT2D eigenvalue weighted by Gasteiger charge is 2.30. The highest BCUT2D eigenvalue weighted by molar-refractivity contribution is 7.89. The molecule has 0 aliphatic carbocycles. The van der Waals surface area contributed by atoms with Crippen LogP contribution in [0.2, 0.25) is 0 Å². The molecule has 1 saturated heterocycles. The molecule has 0 saturated carbocycles. The first kappa shape index (κ1) is 16.1. The molecule has 1 atom stereocenters. The molecule has 124 valence electrons. The van der Waals surface area contributed by atoms with E-state index in [0.29, 0.717) is 24.5 Å². The van der Waals surface area contributed by atoms with Crippen LogP contribution in [0.3, 0.4) is 0 Å². The van der Waals surface area contributed by atoms with Gasteiger partial charge in [0.1, 0.15) is 10.6 Å². The average molecular weight is 356 g/mol. The van der Waals surface area contributed by atoms with Gasteiger partial charge in [-0.1, -0.05) is 0 Å². The minimum atomic E-state index is -3.72. The number of aliphatic hydroxyl groups excluding tert-OH is 1. The minimum absolute atomic E-state index is 0.0101. The molecule has 0 aromatic carbocycles. The van der Waals surface area contributed by atoms with Crippen LogP contribution in [0.25, 0.3) is 0 Å². The molecule has 1 fully saturated rings. The molecular formula is C13H16N4O4S2. The predicted octanol–water partition coefficient (Wildman–Crippen LogP) is 0.869. The van der Waals surface area contributed by atoms with E-state index >= 15 is 0 Å². The summed E-state index contributed by atoms with van der Waals surface area (Å²) in [5, 5.41) is 14.4. The van der Waals surface area contributed by atoms with Crippen LogP contribution in [0.5, 0.6) is 0 Å². The zero-order valence-corrected chi connectivity index (χ0v) is 13.7. The number of nitrogens with one attached hydrogen (secondary N) is 2. The van der Waals surface area contributed by atoms with Crippen molar-refractivity contribution in [2.45, 2.75) is 23.8 Å². The second-order valence-corrected chi connectivity index (χ2v) is 8.03. The number of aromatic amines is 1. The van der Waals surface area contributed by atoms with Crippen LogP contribution in [0, 0.1) is 0 Å². The fraction of sp³-hybridized carbons (Fsp3) is 0.385. The van der Waals surface area contributed by atoms with Gasteiger partial charge >= 0.3 is 0 Å². The summed E-state index contributed by atoms with van der Waals surface area (Å²) in [6.45, 7) is 0.444. The number of β-amino-alcohol motifs (C(OH)–C–C–N with tert-alkyl or cyclic N) is 1. The van der Waals surface area contributed by atoms with E-state index in [1.54, 1.807) is 11.6 Å². The summed E-state index contributed by atoms with van der Waals surface area (Å²) in [4.78, 5) is 18.7. The summed E-state index contributed by atoms with van der Waals surface area (Å²) in [7, 11) is -3.72. The minimum Gasteiger partial charge on any atom is -0.392 e. The second-order valence-electron chi connectivity index (χ2n) is 5.20. The Kier molecular flexibility index (Phi) is 4.48. The summed E-state index contributed by atoms with van der Waals surface area (Å²) in [5.41, 5.74) is 0.135. The first-order valence-corrected chi connectivity index (χ1v) is 9.36. The summed E-state index contributed by atoms with van der Waals surface area (Å²) in [6.07, 6.45) is 3.41. The largest absolute Gasteiger partial charge is 0.392 e. The lowest BCUT2D eigenvalue weighted by Gasteiger charge is -2.28. The molecule has 3 rings (SSSR count). The number of hydrogen-bond acceptors (Lipinski definition) is 6. The van der Waals surface area contributed by atoms with Crippen molar-refractivity contribution in [3.8, 4) is 0 Å². The Hall–Kier alpha value is -1.75. The smallest absolute Gasteiger partial charge is 0.273 e. The van der Waals surface area contributed by atoms with Gasteiger partial charge in [0.2, 0.25) is 10.0 Å². The molecule has 2 aromatic heterocycles. The standard InChI is InChI=1S/C13H16N4O4S2/c18-9-2-1-4-17(8-9)23(20,21)10-6-11(15-7-10)12(19)16-13-14-3-5-22-13/h3,5-7,9,15,18H,1-2,4,8H2,(H,14,16,19)/t9-/m0/s1. The highest BCUT2D eigenvalue weighted by atomic mass is 32.2. The van der Waals surface area contributed by atoms with Crippen LogP contribution < -0.4 is 5.32 Å². The first-order valence-electron chi connectivity index (χ1n) is 7.04. The van der Waals surface area contributed by atoms with Crippen LogP contribution in [0.4, 0.5) is 5.13 Å². The van der Waals surface area contributed by atoms with E-state index < -0.39 is 22.0 Å². The predicted molar refractivity (Wildman–Crippen MR) is 84.9 cm³/mol. The van der Waals surface area contributed by atoms with Gasteiger partial charge < -0.3 is 10.1 Å². The number of thiazole rings is 1. The number of carbonyl (C=O) groups is 1. The van der Waals surface area contributed by atoms with Crippen molar-refractivity contribution >= 4 is 32.4 Å². The van der Waals surface area contributed by atoms with Crippen molar-refractivity contribution < 1.29 is 18.3 Å². The maximum Gasteiger partial charge on any atom is 0.273 e. The van der Waals surface area contributed by atoms with Gasteiger partial charge in [-0.2, -0.15) is 4.31 Å². The molecule has 0 spiro atoms. The maximum atomic E-state index is 12.5. The fourth-order valence-electron chi connectivity index (χ4n) is 2.39. The number of H-pyrrole nitrogens is 1. The summed E-state index contributed by atoms with van der Waals surface area (Å²) in [5.74, 6) is -0.458. The van der Waals surface area contributed by atoms with Crippen LogP contribution >= 0.6 is 11.3 Å². The number of anilines is 1. The molecule has 3 heterocycles. The molecule has 1 aliphatic rings. The van der Waals surface area contributed by atoms with Gasteiger partial charge in [-0.3, -0.25) is 10.1 Å². The number of sulfonamides is 1. The molecule has 0 unspecified atom stereocenters. The average Bonchev–Trinajstić information content (AvgIpc) is 3.18. The van der Waals surface area contributed by atoms with Gasteiger partial charge in [0.25, 0.3) is 5.91 Å². The van der Waals surface area contributed by atoms with Gasteiger partial charge in [-0.25, -0.2) is 13.4 Å². The van der Waals surface area contributed by atoms with Crippen molar-refractivity contribution in [1.29, 1.82) is 0 Å². The quantitative estimate of drug-likeness (QED) is 0.752. The number of aromatic nitrogens is 2. The molecule has 3 N–H and O–H groups in total. The molecule has 1 amide bonds. The zero-order chi connectivity index (χ0) is 16.4. The fourth-order valence-corrected chi connectivity index (χ4v) is 4.43. The van der Waals surface area contributed by atoms with Gasteiger partial charge in [0, 0.05) is 30.9 Å². The zero-order valence-electron chi connectivity index (χ0n) is 12.1. The SMILES string of the molecule is O=C(Nc1nccs1)c1cc(S(=O)(=O)N2CCC[C@H](O)C2)c[nH]1. The number of piperidine rings is 1. The molecular weight excluding hydrogens is 340 g/mol. The summed E-state index contributed by atoms with van der Waals surface area (Å²) < 4.78 is 26.3. The number of nitrogens with zero attached hydrogens (tertiary/aromatic N) is 2. The number of amides is 1. The van der Waals surface area contributed by atoms with Crippen molar-refractivity contribution in [3.05, 3.63) is 29.5 Å². The topological polar surface area (TPSA) is 115 Å². The molecule has 1 aliphatic heterocycles. The van der Waals surface area contributed by atoms with E-state index in [2.05, 4.69) is 15.3 Å². The van der Waals surface area contributed by atoms with E-state index in [1.807, 2.05) is 0 Å². The van der Waals surface area contributed by atoms with Crippen LogP contribution in [0.15, 0.2) is 28.7 Å². The van der Waals surface area contributed by atoms with Gasteiger partial charge in [-0.15, -0.1) is 11.3 Å². The molecule has 10 heteroatoms. The van der Waals surface area contributed by atoms with Crippen LogP contribution in [0.1, 0.15) is 23.3 Å². The Morgan fingerprint density at radius 2 is 2.35 bits per heavy atom. The number of aliphatic hydroxyl groups is 1. The van der Waals surface area contributed by atoms with Crippen molar-refractivity contribution in [2.24, 2.45) is 0 Å². The van der Waals surface area contributed by atoms with Crippen molar-refractivity contribution in [2.75, 3.05) is 18.4 Å². The third-order valence-corrected chi connectivity index (χ3v) is 6.08. The third-order valence-electron chi connectivity index (χ3n) is 3.55. The van der Waals surface area contributed by atoms with E-state index in [0.717, 1.165) is 0 Å². The Morgan fingerprint density at radius 1 is 1.52 bits per heavy atom. The molecule has 0 radical (unpaired) electrons. The van der Waals surface area contributed by atoms with Crippen molar-refractivity contribution in [3.63, 3.8) is 0 Å². The third kappa shape index (κ3) is 3.44. The van der Waals surface area contributed by atoms with Gasteiger partial charge in [0.15, 0.2) is 5.13 Å². The molecule has 0 bridgehead atoms. The van der Waals surface area contributed by atoms with E-state index in [-0.39, 0.29) is 17.1 Å². The Labute approximate surface area is 137 Å². The number of hydrogen-bond donors (Lipinski definition) is 3. The van der Waals surface area contributed by atoms with E-state index in [9.17, 15) is 18.3 Å². The van der Waals surface area contributed by atoms with Gasteiger partial charge in [-0.05, 0) is 18.9 Å². The lowest BCUT2D eigenvalue weighted by Crippen LogP contribution is -2.41. The Morgan fingerprint density at radius 3 is 3.04 bits per heavy atom. The summed E-state index contributed by atoms with van der Waals surface area (Å²) in [6, 6.07) is 1.29. The second kappa shape index (κ2) is 6.40. The Balaban J connectivity index is 1.76. The lowest BCUT2D eigenvalue weighted by molar-refractivity contribution is 0.102. The monoisotopic (exact) mass is 356 g/mol. The first-order chi connectivity index (χ1) is 11.0. The summed E-state index contributed by atoms with van der Waals surface area (Å²) >= 11 is 1.27. The highest BCUT2D eigenvalue weighted by Crippen LogP contribution is 2.22. The normalized spacial score (nSPS) is 19.6. The molecule has 8 nitrogen and oxygen atoms in total. The lowest BCUT2D eigenvalue weighted by atomic mass is 10.1. The van der Waals surface area contributed by atoms with Gasteiger partial charge in [0.05, 0.1) is 6.10 Å².